The van der Waals surface area contributed by atoms with Crippen molar-refractivity contribution in [3.05, 3.63) is 94.2 Å². The predicted octanol–water partition coefficient (Wildman–Crippen LogP) is 5.66. The molecule has 4 rings (SSSR count). The zero-order chi connectivity index (χ0) is 20.3. The third kappa shape index (κ3) is 2.80. The molecule has 0 saturated carbocycles. The van der Waals surface area contributed by atoms with Gasteiger partial charge in [0, 0.05) is 0 Å². The van der Waals surface area contributed by atoms with Crippen LogP contribution in [0.25, 0.3) is 0 Å². The minimum Gasteiger partial charge on any atom is -0.328 e. The highest BCUT2D eigenvalue weighted by Crippen LogP contribution is 2.48. The van der Waals surface area contributed by atoms with Crippen molar-refractivity contribution in [1.29, 1.82) is 0 Å². The number of hydrogen-bond donors (Lipinski definition) is 0. The quantitative estimate of drug-likeness (QED) is 0.558. The molecule has 0 heterocycles. The van der Waals surface area contributed by atoms with Crippen LogP contribution in [-0.2, 0) is 4.46 Å². The second-order valence-electron chi connectivity index (χ2n) is 9.55. The van der Waals surface area contributed by atoms with Crippen LogP contribution < -0.4 is 0 Å². The minimum atomic E-state index is -2.01. The van der Waals surface area contributed by atoms with Crippen LogP contribution in [0.3, 0.4) is 0 Å². The molecule has 0 spiro atoms. The lowest BCUT2D eigenvalue weighted by Crippen LogP contribution is -2.60. The van der Waals surface area contributed by atoms with E-state index in [1.54, 1.807) is 0 Å². The Labute approximate surface area is 170 Å². The SMILES string of the molecule is C=C1CC=CC2=CC3=C4C(=CC=CC4[Si](=O)[N+](C)(C)C(C)(C)C)CC=CC3=C12. The second-order valence-corrected chi connectivity index (χ2v) is 12.0. The van der Waals surface area contributed by atoms with E-state index in [9.17, 15) is 4.46 Å². The van der Waals surface area contributed by atoms with Gasteiger partial charge in [-0.15, -0.1) is 0 Å². The normalized spacial score (nSPS) is 23.9. The van der Waals surface area contributed by atoms with Crippen molar-refractivity contribution >= 4 is 8.84 Å². The molecule has 2 nitrogen and oxygen atoms in total. The maximum absolute atomic E-state index is 14.0. The van der Waals surface area contributed by atoms with Crippen LogP contribution in [0, 0.1) is 0 Å². The molecule has 1 atom stereocenters. The molecule has 1 unspecified atom stereocenters. The fourth-order valence-corrected chi connectivity index (χ4v) is 6.54. The van der Waals surface area contributed by atoms with Gasteiger partial charge in [0.25, 0.3) is 0 Å². The summed E-state index contributed by atoms with van der Waals surface area (Å²) in [6.07, 6.45) is 19.5. The summed E-state index contributed by atoms with van der Waals surface area (Å²) in [4.78, 5) is 0. The van der Waals surface area contributed by atoms with Gasteiger partial charge in [0.05, 0.1) is 19.6 Å². The van der Waals surface area contributed by atoms with E-state index in [2.05, 4.69) is 90.1 Å². The molecular formula is C25H30NOSi+. The van der Waals surface area contributed by atoms with Gasteiger partial charge in [-0.1, -0.05) is 49.1 Å². The minimum absolute atomic E-state index is 0.0426. The van der Waals surface area contributed by atoms with E-state index >= 15 is 0 Å². The van der Waals surface area contributed by atoms with E-state index in [0.717, 1.165) is 12.8 Å². The van der Waals surface area contributed by atoms with Crippen molar-refractivity contribution in [1.82, 2.24) is 0 Å². The monoisotopic (exact) mass is 388 g/mol. The highest BCUT2D eigenvalue weighted by Gasteiger charge is 2.48. The van der Waals surface area contributed by atoms with Crippen LogP contribution >= 0.6 is 0 Å². The molecule has 0 aromatic rings. The number of rotatable bonds is 2. The standard InChI is InChI=1S/C25H30NOSi/c1-17-10-7-13-19-16-21-20(23(17)19)14-8-11-18-12-9-15-22(24(18)21)28(27)26(5,6)25(2,3)4/h7-9,12-16,22H,1,10-11H2,2-6H3/q+1. The molecule has 0 fully saturated rings. The summed E-state index contributed by atoms with van der Waals surface area (Å²) in [5, 5.41) is 0. The van der Waals surface area contributed by atoms with Gasteiger partial charge in [-0.2, -0.15) is 0 Å². The Morgan fingerprint density at radius 3 is 2.54 bits per heavy atom. The van der Waals surface area contributed by atoms with E-state index in [4.69, 9.17) is 0 Å². The Morgan fingerprint density at radius 2 is 1.82 bits per heavy atom. The van der Waals surface area contributed by atoms with Crippen molar-refractivity contribution in [2.75, 3.05) is 14.1 Å². The zero-order valence-corrected chi connectivity index (χ0v) is 18.7. The van der Waals surface area contributed by atoms with E-state index in [-0.39, 0.29) is 11.1 Å². The van der Waals surface area contributed by atoms with Crippen LogP contribution in [0.15, 0.2) is 94.2 Å². The molecule has 0 aliphatic heterocycles. The molecular weight excluding hydrogens is 358 g/mol. The van der Waals surface area contributed by atoms with Crippen LogP contribution in [0.2, 0.25) is 5.54 Å². The van der Waals surface area contributed by atoms with E-state index < -0.39 is 8.84 Å². The van der Waals surface area contributed by atoms with Crippen molar-refractivity contribution in [2.45, 2.75) is 44.7 Å². The van der Waals surface area contributed by atoms with Gasteiger partial charge in [-0.05, 0) is 78.7 Å². The number of allylic oxidation sites excluding steroid dienone is 15. The number of quaternary nitrogens is 1. The van der Waals surface area contributed by atoms with Crippen molar-refractivity contribution < 1.29 is 8.61 Å². The molecule has 3 heteroatoms. The van der Waals surface area contributed by atoms with Gasteiger partial charge in [0.15, 0.2) is 0 Å². The summed E-state index contributed by atoms with van der Waals surface area (Å²) in [5.41, 5.74) is 8.65. The van der Waals surface area contributed by atoms with Crippen molar-refractivity contribution in [3.63, 3.8) is 0 Å². The average Bonchev–Trinajstić information content (AvgIpc) is 2.90. The number of nitrogens with zero attached hydrogens (tertiary/aromatic N) is 1. The zero-order valence-electron chi connectivity index (χ0n) is 17.7. The van der Waals surface area contributed by atoms with Gasteiger partial charge in [-0.3, -0.25) is 0 Å². The molecule has 0 amide bonds. The fraction of sp³-hybridized carbons (Fsp3) is 0.360. The van der Waals surface area contributed by atoms with Crippen LogP contribution in [0.1, 0.15) is 33.6 Å². The maximum Gasteiger partial charge on any atom is 0.565 e. The first-order valence-corrected chi connectivity index (χ1v) is 11.5. The smallest absolute Gasteiger partial charge is 0.328 e. The van der Waals surface area contributed by atoms with Gasteiger partial charge in [0.2, 0.25) is 0 Å². The van der Waals surface area contributed by atoms with E-state index in [1.807, 2.05) is 0 Å². The molecule has 144 valence electrons. The molecule has 0 saturated heterocycles. The summed E-state index contributed by atoms with van der Waals surface area (Å²) in [7, 11) is 2.22. The first-order chi connectivity index (χ1) is 13.1. The lowest BCUT2D eigenvalue weighted by Gasteiger charge is -2.42. The second kappa shape index (κ2) is 6.46. The van der Waals surface area contributed by atoms with Gasteiger partial charge in [0.1, 0.15) is 5.54 Å². The fourth-order valence-electron chi connectivity index (χ4n) is 4.32. The summed E-state index contributed by atoms with van der Waals surface area (Å²) in [5.74, 6) is 0. The van der Waals surface area contributed by atoms with Gasteiger partial charge < -0.3 is 8.61 Å². The Morgan fingerprint density at radius 1 is 1.11 bits per heavy atom. The van der Waals surface area contributed by atoms with Gasteiger partial charge in [-0.25, -0.2) is 0 Å². The Kier molecular flexibility index (Phi) is 4.44. The molecule has 0 radical (unpaired) electrons. The number of fused-ring (bicyclic) bond motifs is 3. The Balaban J connectivity index is 1.91. The van der Waals surface area contributed by atoms with Crippen molar-refractivity contribution in [2.24, 2.45) is 0 Å². The summed E-state index contributed by atoms with van der Waals surface area (Å²) >= 11 is 0. The van der Waals surface area contributed by atoms with Crippen LogP contribution in [0.5, 0.6) is 0 Å². The topological polar surface area (TPSA) is 17.1 Å². The molecule has 0 bridgehead atoms. The third-order valence-electron chi connectivity index (χ3n) is 6.83. The Bertz CT molecular complexity index is 1000. The molecule has 4 aliphatic rings. The molecule has 4 aliphatic carbocycles. The highest BCUT2D eigenvalue weighted by atomic mass is 28.3. The lowest BCUT2D eigenvalue weighted by atomic mass is 9.89. The first kappa shape index (κ1) is 19.2. The summed E-state index contributed by atoms with van der Waals surface area (Å²) in [6, 6.07) is 0. The molecule has 28 heavy (non-hydrogen) atoms. The number of hydrogen-bond acceptors (Lipinski definition) is 1. The largest absolute Gasteiger partial charge is 0.565 e. The summed E-state index contributed by atoms with van der Waals surface area (Å²) in [6.45, 7) is 10.9. The lowest BCUT2D eigenvalue weighted by molar-refractivity contribution is -0.838. The molecule has 0 aromatic heterocycles. The average molecular weight is 389 g/mol. The van der Waals surface area contributed by atoms with E-state index in [0.29, 0.717) is 4.15 Å². The summed E-state index contributed by atoms with van der Waals surface area (Å²) < 4.78 is 14.5. The van der Waals surface area contributed by atoms with E-state index in [1.165, 1.54) is 39.0 Å². The Hall–Kier alpha value is -2.10. The first-order valence-electron chi connectivity index (χ1n) is 10.1. The van der Waals surface area contributed by atoms with Gasteiger partial charge >= 0.3 is 8.84 Å². The maximum atomic E-state index is 14.0. The van der Waals surface area contributed by atoms with Crippen LogP contribution in [0.4, 0.5) is 0 Å². The molecule has 0 aromatic carbocycles. The van der Waals surface area contributed by atoms with Crippen molar-refractivity contribution in [3.8, 4) is 0 Å². The molecule has 0 N–H and O–H groups in total. The van der Waals surface area contributed by atoms with Crippen LogP contribution in [-0.4, -0.2) is 32.6 Å². The third-order valence-corrected chi connectivity index (χ3v) is 9.61. The predicted molar refractivity (Wildman–Crippen MR) is 118 cm³/mol. The highest BCUT2D eigenvalue weighted by molar-refractivity contribution is 6.39.